The van der Waals surface area contributed by atoms with Crippen LogP contribution in [0.2, 0.25) is 0 Å². The minimum atomic E-state index is -0.928. The average molecular weight is 375 g/mol. The summed E-state index contributed by atoms with van der Waals surface area (Å²) in [6.07, 6.45) is 1.14. The Morgan fingerprint density at radius 1 is 1.12 bits per heavy atom. The van der Waals surface area contributed by atoms with Crippen LogP contribution in [-0.4, -0.2) is 16.8 Å². The molecule has 1 heterocycles. The van der Waals surface area contributed by atoms with Crippen molar-refractivity contribution in [2.24, 2.45) is 0 Å². The third kappa shape index (κ3) is 3.85. The summed E-state index contributed by atoms with van der Waals surface area (Å²) >= 11 is 1.25. The summed E-state index contributed by atoms with van der Waals surface area (Å²) in [7, 11) is 0. The van der Waals surface area contributed by atoms with Gasteiger partial charge in [-0.15, -0.1) is 0 Å². The van der Waals surface area contributed by atoms with E-state index in [2.05, 4.69) is 15.6 Å². The summed E-state index contributed by atoms with van der Waals surface area (Å²) in [6, 6.07) is 8.12. The lowest BCUT2D eigenvalue weighted by molar-refractivity contribution is -0.116. The molecule has 0 bridgehead atoms. The molecule has 0 saturated heterocycles. The van der Waals surface area contributed by atoms with Crippen LogP contribution in [0.15, 0.2) is 36.4 Å². The lowest BCUT2D eigenvalue weighted by atomic mass is 10.1. The van der Waals surface area contributed by atoms with Crippen LogP contribution >= 0.6 is 11.3 Å². The van der Waals surface area contributed by atoms with E-state index in [1.807, 2.05) is 6.92 Å². The Bertz CT molecular complexity index is 967. The Hall–Kier alpha value is -2.87. The molecule has 0 aliphatic rings. The molecule has 2 amide bonds. The number of thiazole rings is 1. The molecule has 3 rings (SSSR count). The first-order valence-corrected chi connectivity index (χ1v) is 8.75. The molecule has 0 aliphatic carbocycles. The number of aromatic nitrogens is 1. The highest BCUT2D eigenvalue weighted by atomic mass is 32.1. The number of carbonyl (C=O) groups is 2. The third-order valence-corrected chi connectivity index (χ3v) is 4.49. The van der Waals surface area contributed by atoms with Gasteiger partial charge in [-0.05, 0) is 36.8 Å². The van der Waals surface area contributed by atoms with Gasteiger partial charge in [0.25, 0.3) is 5.91 Å². The number of nitrogens with one attached hydrogen (secondary N) is 2. The van der Waals surface area contributed by atoms with Gasteiger partial charge in [0.2, 0.25) is 5.91 Å². The van der Waals surface area contributed by atoms with Gasteiger partial charge in [-0.25, -0.2) is 13.8 Å². The fourth-order valence-corrected chi connectivity index (χ4v) is 3.29. The second kappa shape index (κ2) is 7.57. The van der Waals surface area contributed by atoms with E-state index in [0.29, 0.717) is 22.8 Å². The van der Waals surface area contributed by atoms with Crippen LogP contribution in [0.5, 0.6) is 0 Å². The molecule has 3 aromatic rings. The van der Waals surface area contributed by atoms with Gasteiger partial charge in [-0.2, -0.15) is 0 Å². The topological polar surface area (TPSA) is 71.1 Å². The van der Waals surface area contributed by atoms with Crippen molar-refractivity contribution in [3.63, 3.8) is 0 Å². The number of carbonyl (C=O) groups excluding carboxylic acids is 2. The van der Waals surface area contributed by atoms with Crippen molar-refractivity contribution in [1.29, 1.82) is 0 Å². The molecule has 5 nitrogen and oxygen atoms in total. The number of halogens is 2. The van der Waals surface area contributed by atoms with Crippen molar-refractivity contribution < 1.29 is 18.4 Å². The van der Waals surface area contributed by atoms with Crippen molar-refractivity contribution >= 4 is 44.2 Å². The SMILES string of the molecule is CCCC(=O)Nc1nc2ccc(NC(=O)c3c(F)cccc3F)cc2s1. The van der Waals surface area contributed by atoms with Crippen molar-refractivity contribution in [2.75, 3.05) is 10.6 Å². The molecular weight excluding hydrogens is 360 g/mol. The van der Waals surface area contributed by atoms with E-state index < -0.39 is 23.1 Å². The Kier molecular flexibility index (Phi) is 5.22. The summed E-state index contributed by atoms with van der Waals surface area (Å²) in [5.74, 6) is -2.85. The second-order valence-electron chi connectivity index (χ2n) is 5.55. The first kappa shape index (κ1) is 17.9. The van der Waals surface area contributed by atoms with Gasteiger partial charge in [0, 0.05) is 12.1 Å². The molecule has 0 unspecified atom stereocenters. The van der Waals surface area contributed by atoms with E-state index in [1.54, 1.807) is 18.2 Å². The van der Waals surface area contributed by atoms with E-state index in [4.69, 9.17) is 0 Å². The smallest absolute Gasteiger partial charge is 0.261 e. The fraction of sp³-hybridized carbons (Fsp3) is 0.167. The Morgan fingerprint density at radius 2 is 1.85 bits per heavy atom. The highest BCUT2D eigenvalue weighted by Gasteiger charge is 2.17. The normalized spacial score (nSPS) is 10.7. The lowest BCUT2D eigenvalue weighted by Crippen LogP contribution is -2.15. The van der Waals surface area contributed by atoms with Gasteiger partial charge in [-0.1, -0.05) is 24.3 Å². The summed E-state index contributed by atoms with van der Waals surface area (Å²) in [5.41, 5.74) is 0.390. The molecular formula is C18H15F2N3O2S. The van der Waals surface area contributed by atoms with Gasteiger partial charge in [-0.3, -0.25) is 9.59 Å². The number of fused-ring (bicyclic) bond motifs is 1. The molecule has 0 atom stereocenters. The van der Waals surface area contributed by atoms with E-state index >= 15 is 0 Å². The summed E-state index contributed by atoms with van der Waals surface area (Å²) in [6.45, 7) is 1.91. The Balaban J connectivity index is 1.81. The van der Waals surface area contributed by atoms with Gasteiger partial charge < -0.3 is 10.6 Å². The molecule has 0 radical (unpaired) electrons. The molecule has 2 aromatic carbocycles. The van der Waals surface area contributed by atoms with Crippen LogP contribution < -0.4 is 10.6 Å². The zero-order chi connectivity index (χ0) is 18.7. The van der Waals surface area contributed by atoms with Crippen molar-refractivity contribution in [1.82, 2.24) is 4.98 Å². The summed E-state index contributed by atoms with van der Waals surface area (Å²) < 4.78 is 28.1. The van der Waals surface area contributed by atoms with Gasteiger partial charge in [0.15, 0.2) is 5.13 Å². The molecule has 1 aromatic heterocycles. The predicted octanol–water partition coefficient (Wildman–Crippen LogP) is 4.57. The first-order chi connectivity index (χ1) is 12.5. The highest BCUT2D eigenvalue weighted by molar-refractivity contribution is 7.22. The van der Waals surface area contributed by atoms with Crippen LogP contribution in [0.1, 0.15) is 30.1 Å². The van der Waals surface area contributed by atoms with E-state index in [9.17, 15) is 18.4 Å². The molecule has 0 aliphatic heterocycles. The number of nitrogens with zero attached hydrogens (tertiary/aromatic N) is 1. The quantitative estimate of drug-likeness (QED) is 0.686. The van der Waals surface area contributed by atoms with Gasteiger partial charge in [0.05, 0.1) is 10.2 Å². The highest BCUT2D eigenvalue weighted by Crippen LogP contribution is 2.29. The monoisotopic (exact) mass is 375 g/mol. The van der Waals surface area contributed by atoms with Crippen LogP contribution in [0.3, 0.4) is 0 Å². The van der Waals surface area contributed by atoms with Gasteiger partial charge >= 0.3 is 0 Å². The number of anilines is 2. The fourth-order valence-electron chi connectivity index (χ4n) is 2.37. The number of hydrogen-bond donors (Lipinski definition) is 2. The van der Waals surface area contributed by atoms with Crippen LogP contribution in [-0.2, 0) is 4.79 Å². The Labute approximate surface area is 152 Å². The average Bonchev–Trinajstić information content (AvgIpc) is 2.96. The number of amides is 2. The van der Waals surface area contributed by atoms with Crippen molar-refractivity contribution in [3.05, 3.63) is 53.6 Å². The second-order valence-corrected chi connectivity index (χ2v) is 6.58. The standard InChI is InChI=1S/C18H15F2N3O2S/c1-2-4-15(24)23-18-22-13-8-7-10(9-14(13)26-18)21-17(25)16-11(19)5-3-6-12(16)20/h3,5-9H,2,4H2,1H3,(H,21,25)(H,22,23,24). The molecule has 0 fully saturated rings. The van der Waals surface area contributed by atoms with Gasteiger partial charge in [0.1, 0.15) is 17.2 Å². The van der Waals surface area contributed by atoms with Crippen molar-refractivity contribution in [2.45, 2.75) is 19.8 Å². The number of hydrogen-bond acceptors (Lipinski definition) is 4. The van der Waals surface area contributed by atoms with Crippen LogP contribution in [0, 0.1) is 11.6 Å². The maximum Gasteiger partial charge on any atom is 0.261 e. The molecule has 2 N–H and O–H groups in total. The van der Waals surface area contributed by atoms with E-state index in [-0.39, 0.29) is 5.91 Å². The number of benzene rings is 2. The summed E-state index contributed by atoms with van der Waals surface area (Å²) in [5, 5.41) is 5.65. The van der Waals surface area contributed by atoms with E-state index in [0.717, 1.165) is 23.3 Å². The molecule has 0 saturated carbocycles. The molecule has 26 heavy (non-hydrogen) atoms. The van der Waals surface area contributed by atoms with Crippen molar-refractivity contribution in [3.8, 4) is 0 Å². The third-order valence-electron chi connectivity index (χ3n) is 3.56. The minimum absolute atomic E-state index is 0.116. The number of rotatable bonds is 5. The zero-order valence-corrected chi connectivity index (χ0v) is 14.6. The zero-order valence-electron chi connectivity index (χ0n) is 13.8. The molecule has 0 spiro atoms. The largest absolute Gasteiger partial charge is 0.322 e. The minimum Gasteiger partial charge on any atom is -0.322 e. The maximum atomic E-state index is 13.7. The Morgan fingerprint density at radius 3 is 2.54 bits per heavy atom. The van der Waals surface area contributed by atoms with E-state index in [1.165, 1.54) is 17.4 Å². The molecule has 134 valence electrons. The van der Waals surface area contributed by atoms with Crippen LogP contribution in [0.25, 0.3) is 10.2 Å². The van der Waals surface area contributed by atoms with Crippen LogP contribution in [0.4, 0.5) is 19.6 Å². The first-order valence-electron chi connectivity index (χ1n) is 7.93. The molecule has 8 heteroatoms. The summed E-state index contributed by atoms with van der Waals surface area (Å²) in [4.78, 5) is 28.1. The lowest BCUT2D eigenvalue weighted by Gasteiger charge is -2.07. The maximum absolute atomic E-state index is 13.7. The predicted molar refractivity (Wildman–Crippen MR) is 97.5 cm³/mol.